The molecule has 27 heavy (non-hydrogen) atoms. The minimum atomic E-state index is -3.89. The quantitative estimate of drug-likeness (QED) is 0.672. The van der Waals surface area contributed by atoms with Crippen LogP contribution in [0, 0.1) is 19.8 Å². The highest BCUT2D eigenvalue weighted by atomic mass is 32.2. The number of amides is 1. The molecule has 144 valence electrons. The highest BCUT2D eigenvalue weighted by Crippen LogP contribution is 2.23. The summed E-state index contributed by atoms with van der Waals surface area (Å²) in [7, 11) is -3.89. The van der Waals surface area contributed by atoms with Gasteiger partial charge in [-0.2, -0.15) is 0 Å². The summed E-state index contributed by atoms with van der Waals surface area (Å²) in [6.07, 6.45) is 0. The van der Waals surface area contributed by atoms with E-state index in [9.17, 15) is 18.0 Å². The highest BCUT2D eigenvalue weighted by molar-refractivity contribution is 7.92. The number of benzene rings is 2. The van der Waals surface area contributed by atoms with Gasteiger partial charge in [-0.3, -0.25) is 14.3 Å². The minimum absolute atomic E-state index is 0.0633. The third-order valence-electron chi connectivity index (χ3n) is 4.04. The van der Waals surface area contributed by atoms with Crippen LogP contribution in [0.2, 0.25) is 0 Å². The van der Waals surface area contributed by atoms with Crippen LogP contribution in [0.4, 0.5) is 5.69 Å². The first kappa shape index (κ1) is 20.4. The maximum absolute atomic E-state index is 12.8. The van der Waals surface area contributed by atoms with E-state index >= 15 is 0 Å². The van der Waals surface area contributed by atoms with Crippen LogP contribution in [0.5, 0.6) is 0 Å². The SMILES string of the molecule is Cc1ccc(C)c(S(=O)(=O)Nc2ccccc2C(=O)NCC(C)C(=O)O)c1. The van der Waals surface area contributed by atoms with Crippen molar-refractivity contribution in [1.82, 2.24) is 5.32 Å². The first-order chi connectivity index (χ1) is 12.6. The lowest BCUT2D eigenvalue weighted by Crippen LogP contribution is -2.32. The zero-order chi connectivity index (χ0) is 20.2. The number of anilines is 1. The van der Waals surface area contributed by atoms with Gasteiger partial charge in [0.05, 0.1) is 22.1 Å². The molecular weight excluding hydrogens is 368 g/mol. The van der Waals surface area contributed by atoms with Crippen LogP contribution in [0.25, 0.3) is 0 Å². The van der Waals surface area contributed by atoms with Crippen LogP contribution in [0.1, 0.15) is 28.4 Å². The molecule has 0 aliphatic rings. The van der Waals surface area contributed by atoms with E-state index in [4.69, 9.17) is 5.11 Å². The summed E-state index contributed by atoms with van der Waals surface area (Å²) in [5.41, 5.74) is 1.63. The van der Waals surface area contributed by atoms with Crippen molar-refractivity contribution in [3.8, 4) is 0 Å². The number of carboxylic acids is 1. The Balaban J connectivity index is 2.28. The molecule has 8 heteroatoms. The molecular formula is C19H22N2O5S. The van der Waals surface area contributed by atoms with Gasteiger partial charge >= 0.3 is 5.97 Å². The molecule has 0 fully saturated rings. The fourth-order valence-corrected chi connectivity index (χ4v) is 3.81. The van der Waals surface area contributed by atoms with Crippen molar-refractivity contribution in [2.24, 2.45) is 5.92 Å². The first-order valence-corrected chi connectivity index (χ1v) is 9.80. The Bertz CT molecular complexity index is 970. The number of hydrogen-bond acceptors (Lipinski definition) is 4. The molecule has 1 unspecified atom stereocenters. The van der Waals surface area contributed by atoms with E-state index in [0.29, 0.717) is 5.56 Å². The smallest absolute Gasteiger partial charge is 0.308 e. The predicted octanol–water partition coefficient (Wildman–Crippen LogP) is 2.55. The Morgan fingerprint density at radius 2 is 1.78 bits per heavy atom. The van der Waals surface area contributed by atoms with E-state index < -0.39 is 27.8 Å². The van der Waals surface area contributed by atoms with Crippen LogP contribution >= 0.6 is 0 Å². The molecule has 0 bridgehead atoms. The topological polar surface area (TPSA) is 113 Å². The first-order valence-electron chi connectivity index (χ1n) is 8.32. The van der Waals surface area contributed by atoms with Gasteiger partial charge < -0.3 is 10.4 Å². The van der Waals surface area contributed by atoms with Gasteiger partial charge in [0.25, 0.3) is 15.9 Å². The largest absolute Gasteiger partial charge is 0.481 e. The molecule has 1 atom stereocenters. The molecule has 0 radical (unpaired) electrons. The van der Waals surface area contributed by atoms with Crippen LogP contribution in [-0.4, -0.2) is 31.9 Å². The molecule has 0 aliphatic heterocycles. The lowest BCUT2D eigenvalue weighted by atomic mass is 10.1. The number of carbonyl (C=O) groups is 2. The number of para-hydroxylation sites is 1. The van der Waals surface area contributed by atoms with E-state index in [-0.39, 0.29) is 22.7 Å². The Labute approximate surface area is 158 Å². The summed E-state index contributed by atoms with van der Waals surface area (Å²) in [4.78, 5) is 23.4. The maximum atomic E-state index is 12.8. The monoisotopic (exact) mass is 390 g/mol. The molecule has 0 spiro atoms. The van der Waals surface area contributed by atoms with Crippen molar-refractivity contribution in [1.29, 1.82) is 0 Å². The zero-order valence-electron chi connectivity index (χ0n) is 15.3. The number of hydrogen-bond donors (Lipinski definition) is 3. The second-order valence-corrected chi connectivity index (χ2v) is 8.02. The van der Waals surface area contributed by atoms with E-state index in [2.05, 4.69) is 10.0 Å². The van der Waals surface area contributed by atoms with Crippen LogP contribution in [0.15, 0.2) is 47.4 Å². The number of rotatable bonds is 7. The second kappa shape index (κ2) is 8.22. The molecule has 0 saturated carbocycles. The van der Waals surface area contributed by atoms with E-state index in [0.717, 1.165) is 5.56 Å². The van der Waals surface area contributed by atoms with E-state index in [1.807, 2.05) is 6.07 Å². The van der Waals surface area contributed by atoms with Crippen molar-refractivity contribution >= 4 is 27.6 Å². The summed E-state index contributed by atoms with van der Waals surface area (Å²) in [6, 6.07) is 11.3. The highest BCUT2D eigenvalue weighted by Gasteiger charge is 2.21. The summed E-state index contributed by atoms with van der Waals surface area (Å²) in [5.74, 6) is -2.34. The maximum Gasteiger partial charge on any atom is 0.308 e. The van der Waals surface area contributed by atoms with Crippen molar-refractivity contribution in [3.05, 3.63) is 59.2 Å². The summed E-state index contributed by atoms with van der Waals surface area (Å²) in [5, 5.41) is 11.4. The van der Waals surface area contributed by atoms with E-state index in [1.165, 1.54) is 19.1 Å². The Morgan fingerprint density at radius 1 is 1.11 bits per heavy atom. The summed E-state index contributed by atoms with van der Waals surface area (Å²) >= 11 is 0. The number of carboxylic acid groups (broad SMARTS) is 1. The number of aryl methyl sites for hydroxylation is 2. The molecule has 2 rings (SSSR count). The Hall–Kier alpha value is -2.87. The Morgan fingerprint density at radius 3 is 2.44 bits per heavy atom. The van der Waals surface area contributed by atoms with Crippen molar-refractivity contribution in [3.63, 3.8) is 0 Å². The van der Waals surface area contributed by atoms with Gasteiger partial charge in [-0.15, -0.1) is 0 Å². The molecule has 0 aromatic heterocycles. The fourth-order valence-electron chi connectivity index (χ4n) is 2.40. The third kappa shape index (κ3) is 5.07. The number of aliphatic carboxylic acids is 1. The molecule has 0 heterocycles. The van der Waals surface area contributed by atoms with Gasteiger partial charge in [0, 0.05) is 6.54 Å². The van der Waals surface area contributed by atoms with Gasteiger partial charge in [-0.05, 0) is 43.2 Å². The number of nitrogens with one attached hydrogen (secondary N) is 2. The van der Waals surface area contributed by atoms with Gasteiger partial charge in [0.2, 0.25) is 0 Å². The van der Waals surface area contributed by atoms with Crippen molar-refractivity contribution in [2.75, 3.05) is 11.3 Å². The molecule has 2 aromatic carbocycles. The lowest BCUT2D eigenvalue weighted by molar-refractivity contribution is -0.140. The second-order valence-electron chi connectivity index (χ2n) is 6.37. The third-order valence-corrected chi connectivity index (χ3v) is 5.55. The average Bonchev–Trinajstić information content (AvgIpc) is 2.61. The molecule has 1 amide bonds. The van der Waals surface area contributed by atoms with Crippen LogP contribution in [0.3, 0.4) is 0 Å². The van der Waals surface area contributed by atoms with Crippen molar-refractivity contribution < 1.29 is 23.1 Å². The van der Waals surface area contributed by atoms with Crippen LogP contribution < -0.4 is 10.0 Å². The Kier molecular flexibility index (Phi) is 6.22. The van der Waals surface area contributed by atoms with Gasteiger partial charge in [-0.1, -0.05) is 31.2 Å². The predicted molar refractivity (Wildman–Crippen MR) is 102 cm³/mol. The number of sulfonamides is 1. The zero-order valence-corrected chi connectivity index (χ0v) is 16.1. The van der Waals surface area contributed by atoms with Crippen molar-refractivity contribution in [2.45, 2.75) is 25.7 Å². The van der Waals surface area contributed by atoms with Gasteiger partial charge in [-0.25, -0.2) is 8.42 Å². The summed E-state index contributed by atoms with van der Waals surface area (Å²) < 4.78 is 28.0. The van der Waals surface area contributed by atoms with Gasteiger partial charge in [0.1, 0.15) is 0 Å². The molecule has 7 nitrogen and oxygen atoms in total. The lowest BCUT2D eigenvalue weighted by Gasteiger charge is -2.15. The molecule has 0 saturated heterocycles. The minimum Gasteiger partial charge on any atom is -0.481 e. The number of carbonyl (C=O) groups excluding carboxylic acids is 1. The van der Waals surface area contributed by atoms with Crippen LogP contribution in [-0.2, 0) is 14.8 Å². The average molecular weight is 390 g/mol. The van der Waals surface area contributed by atoms with Gasteiger partial charge in [0.15, 0.2) is 0 Å². The fraction of sp³-hybridized carbons (Fsp3) is 0.263. The molecule has 3 N–H and O–H groups in total. The summed E-state index contributed by atoms with van der Waals surface area (Å²) in [6.45, 7) is 4.90. The normalized spacial score (nSPS) is 12.3. The molecule has 0 aliphatic carbocycles. The molecule has 2 aromatic rings. The standard InChI is InChI=1S/C19H22N2O5S/c1-12-8-9-13(2)17(10-12)27(25,26)21-16-7-5-4-6-15(16)18(22)20-11-14(3)19(23)24/h4-10,14,21H,11H2,1-3H3,(H,20,22)(H,23,24). The van der Waals surface area contributed by atoms with E-state index in [1.54, 1.807) is 38.1 Å².